The molecule has 0 fully saturated rings. The van der Waals surface area contributed by atoms with Gasteiger partial charge in [0, 0.05) is 10.9 Å². The molecule has 0 radical (unpaired) electrons. The Kier molecular flexibility index (Phi) is 4.75. The Hall–Kier alpha value is -1.01. The Bertz CT molecular complexity index is 514. The molecule has 1 N–H and O–H groups in total. The van der Waals surface area contributed by atoms with Crippen molar-refractivity contribution < 1.29 is 17.9 Å². The zero-order chi connectivity index (χ0) is 14.8. The first-order valence-corrected chi connectivity index (χ1v) is 7.15. The number of ether oxygens (including phenoxy) is 1. The maximum Gasteiger partial charge on any atom is 0.417 e. The van der Waals surface area contributed by atoms with E-state index in [4.69, 9.17) is 4.74 Å². The lowest BCUT2D eigenvalue weighted by Crippen LogP contribution is -2.23. The third-order valence-corrected chi connectivity index (χ3v) is 3.75. The fourth-order valence-electron chi connectivity index (χ4n) is 2.16. The van der Waals surface area contributed by atoms with Gasteiger partial charge in [-0.15, -0.1) is 0 Å². The van der Waals surface area contributed by atoms with E-state index in [0.29, 0.717) is 24.5 Å². The van der Waals surface area contributed by atoms with Crippen molar-refractivity contribution in [3.63, 3.8) is 0 Å². The molecule has 0 saturated heterocycles. The fourth-order valence-corrected chi connectivity index (χ4v) is 2.64. The van der Waals surface area contributed by atoms with Gasteiger partial charge in [0.2, 0.25) is 0 Å². The van der Waals surface area contributed by atoms with E-state index >= 15 is 0 Å². The third kappa shape index (κ3) is 3.35. The number of likely N-dealkylation sites (N-methyl/N-ethyl adjacent to an activating group) is 1. The molecule has 1 atom stereocenters. The van der Waals surface area contributed by atoms with Crippen molar-refractivity contribution >= 4 is 15.9 Å². The monoisotopic (exact) mass is 349 g/mol. The molecule has 1 heterocycles. The van der Waals surface area contributed by atoms with E-state index in [2.05, 4.69) is 21.2 Å². The molecule has 1 aromatic carbocycles. The van der Waals surface area contributed by atoms with Crippen molar-refractivity contribution in [1.82, 2.24) is 5.32 Å². The number of rotatable bonds is 4. The second-order valence-corrected chi connectivity index (χ2v) is 5.33. The highest BCUT2D eigenvalue weighted by molar-refractivity contribution is 9.10. The van der Waals surface area contributed by atoms with Gasteiger partial charge in [0.25, 0.3) is 0 Å². The van der Waals surface area contributed by atoms with E-state index in [1.165, 1.54) is 12.1 Å². The van der Waals surface area contributed by atoms with Crippen LogP contribution in [0.1, 0.15) is 30.5 Å². The van der Waals surface area contributed by atoms with Crippen molar-refractivity contribution in [2.75, 3.05) is 13.2 Å². The first kappa shape index (κ1) is 15.4. The Labute approximate surface area is 124 Å². The van der Waals surface area contributed by atoms with Gasteiger partial charge in [-0.2, -0.15) is 13.2 Å². The van der Waals surface area contributed by atoms with Crippen LogP contribution >= 0.6 is 15.9 Å². The normalized spacial score (nSPS) is 16.8. The lowest BCUT2D eigenvalue weighted by atomic mass is 10.0. The molecular weight excluding hydrogens is 335 g/mol. The van der Waals surface area contributed by atoms with Crippen LogP contribution in [0.2, 0.25) is 0 Å². The Morgan fingerprint density at radius 2 is 2.15 bits per heavy atom. The number of hydrogen-bond acceptors (Lipinski definition) is 2. The topological polar surface area (TPSA) is 21.3 Å². The predicted molar refractivity (Wildman–Crippen MR) is 74.2 cm³/mol. The number of benzene rings is 1. The minimum absolute atomic E-state index is 0.0466. The van der Waals surface area contributed by atoms with Crippen LogP contribution in [0.4, 0.5) is 13.2 Å². The SMILES string of the molecule is CCNC(C1=CCCO1)c1ccc(Br)c(C(F)(F)F)c1. The minimum Gasteiger partial charge on any atom is -0.496 e. The molecule has 1 aliphatic heterocycles. The molecule has 6 heteroatoms. The van der Waals surface area contributed by atoms with Gasteiger partial charge in [0.15, 0.2) is 0 Å². The van der Waals surface area contributed by atoms with E-state index in [1.54, 1.807) is 6.07 Å². The smallest absolute Gasteiger partial charge is 0.417 e. The lowest BCUT2D eigenvalue weighted by molar-refractivity contribution is -0.138. The van der Waals surface area contributed by atoms with Gasteiger partial charge >= 0.3 is 6.18 Å². The Morgan fingerprint density at radius 3 is 2.70 bits per heavy atom. The second-order valence-electron chi connectivity index (χ2n) is 4.47. The van der Waals surface area contributed by atoms with Gasteiger partial charge in [-0.3, -0.25) is 0 Å². The average Bonchev–Trinajstić information content (AvgIpc) is 2.89. The molecule has 0 bridgehead atoms. The largest absolute Gasteiger partial charge is 0.496 e. The number of alkyl halides is 3. The van der Waals surface area contributed by atoms with Crippen LogP contribution in [-0.2, 0) is 10.9 Å². The quantitative estimate of drug-likeness (QED) is 0.868. The van der Waals surface area contributed by atoms with Crippen LogP contribution in [0.5, 0.6) is 0 Å². The minimum atomic E-state index is -4.38. The summed E-state index contributed by atoms with van der Waals surface area (Å²) in [5, 5.41) is 3.16. The summed E-state index contributed by atoms with van der Waals surface area (Å²) >= 11 is 2.95. The number of halogens is 4. The van der Waals surface area contributed by atoms with Crippen molar-refractivity contribution in [2.24, 2.45) is 0 Å². The van der Waals surface area contributed by atoms with Crippen molar-refractivity contribution in [3.05, 3.63) is 45.6 Å². The Morgan fingerprint density at radius 1 is 1.40 bits per heavy atom. The summed E-state index contributed by atoms with van der Waals surface area (Å²) in [5.74, 6) is 0.697. The van der Waals surface area contributed by atoms with Crippen LogP contribution < -0.4 is 5.32 Å². The molecule has 2 nitrogen and oxygen atoms in total. The summed E-state index contributed by atoms with van der Waals surface area (Å²) < 4.78 is 44.4. The molecule has 1 aliphatic rings. The van der Waals surface area contributed by atoms with Crippen molar-refractivity contribution in [2.45, 2.75) is 25.6 Å². The van der Waals surface area contributed by atoms with E-state index < -0.39 is 11.7 Å². The lowest BCUT2D eigenvalue weighted by Gasteiger charge is -2.21. The average molecular weight is 350 g/mol. The summed E-state index contributed by atoms with van der Waals surface area (Å²) in [7, 11) is 0. The summed E-state index contributed by atoms with van der Waals surface area (Å²) in [4.78, 5) is 0. The zero-order valence-corrected chi connectivity index (χ0v) is 12.5. The first-order valence-electron chi connectivity index (χ1n) is 6.36. The number of hydrogen-bond donors (Lipinski definition) is 1. The highest BCUT2D eigenvalue weighted by atomic mass is 79.9. The van der Waals surface area contributed by atoms with Gasteiger partial charge in [0.05, 0.1) is 18.2 Å². The van der Waals surface area contributed by atoms with Gasteiger partial charge in [-0.05, 0) is 30.3 Å². The molecule has 110 valence electrons. The second kappa shape index (κ2) is 6.18. The maximum atomic E-state index is 13.0. The van der Waals surface area contributed by atoms with Crippen LogP contribution in [0, 0.1) is 0 Å². The first-order chi connectivity index (χ1) is 9.43. The van der Waals surface area contributed by atoms with Crippen LogP contribution in [-0.4, -0.2) is 13.2 Å². The molecule has 0 amide bonds. The van der Waals surface area contributed by atoms with Crippen LogP contribution in [0.25, 0.3) is 0 Å². The summed E-state index contributed by atoms with van der Waals surface area (Å²) in [6.45, 7) is 3.13. The molecule has 0 aliphatic carbocycles. The molecule has 2 rings (SSSR count). The van der Waals surface area contributed by atoms with E-state index in [0.717, 1.165) is 6.42 Å². The number of nitrogens with one attached hydrogen (secondary N) is 1. The molecular formula is C14H15BrF3NO. The molecule has 0 saturated carbocycles. The standard InChI is InChI=1S/C14H15BrF3NO/c1-2-19-13(12-4-3-7-20-12)9-5-6-11(15)10(8-9)14(16,17)18/h4-6,8,13,19H,2-3,7H2,1H3. The third-order valence-electron chi connectivity index (χ3n) is 3.05. The molecule has 20 heavy (non-hydrogen) atoms. The summed E-state index contributed by atoms with van der Waals surface area (Å²) in [6.07, 6.45) is -1.67. The Balaban J connectivity index is 2.39. The van der Waals surface area contributed by atoms with E-state index in [-0.39, 0.29) is 10.5 Å². The maximum absolute atomic E-state index is 13.0. The summed E-state index contributed by atoms with van der Waals surface area (Å²) in [5.41, 5.74) is -0.118. The predicted octanol–water partition coefficient (Wildman–Crippen LogP) is 4.42. The highest BCUT2D eigenvalue weighted by Crippen LogP contribution is 2.37. The highest BCUT2D eigenvalue weighted by Gasteiger charge is 2.34. The van der Waals surface area contributed by atoms with Gasteiger partial charge in [0.1, 0.15) is 5.76 Å². The van der Waals surface area contributed by atoms with Crippen molar-refractivity contribution in [1.29, 1.82) is 0 Å². The van der Waals surface area contributed by atoms with Crippen LogP contribution in [0.15, 0.2) is 34.5 Å². The van der Waals surface area contributed by atoms with E-state index in [1.807, 2.05) is 13.0 Å². The molecule has 1 unspecified atom stereocenters. The zero-order valence-electron chi connectivity index (χ0n) is 10.9. The van der Waals surface area contributed by atoms with E-state index in [9.17, 15) is 13.2 Å². The van der Waals surface area contributed by atoms with Gasteiger partial charge in [-0.25, -0.2) is 0 Å². The fraction of sp³-hybridized carbons (Fsp3) is 0.429. The molecule has 0 aromatic heterocycles. The van der Waals surface area contributed by atoms with Crippen LogP contribution in [0.3, 0.4) is 0 Å². The molecule has 0 spiro atoms. The van der Waals surface area contributed by atoms with Gasteiger partial charge in [-0.1, -0.05) is 28.9 Å². The summed E-state index contributed by atoms with van der Waals surface area (Å²) in [6, 6.07) is 3.93. The van der Waals surface area contributed by atoms with Gasteiger partial charge < -0.3 is 10.1 Å². The van der Waals surface area contributed by atoms with Crippen molar-refractivity contribution in [3.8, 4) is 0 Å². The molecule has 1 aromatic rings.